The zero-order chi connectivity index (χ0) is 22.3. The molecule has 0 unspecified atom stereocenters. The number of allylic oxidation sites excluding steroid dienone is 2. The molecule has 1 N–H and O–H groups in total. The summed E-state index contributed by atoms with van der Waals surface area (Å²) in [6.45, 7) is 3.13. The molecule has 5 nitrogen and oxygen atoms in total. The molecule has 0 fully saturated rings. The first kappa shape index (κ1) is 22.3. The molecular weight excluding hydrogens is 418 g/mol. The molecule has 1 aliphatic rings. The van der Waals surface area contributed by atoms with Gasteiger partial charge in [0.2, 0.25) is 5.91 Å². The number of nitrogens with one attached hydrogen (secondary N) is 1. The van der Waals surface area contributed by atoms with Crippen LogP contribution in [0.5, 0.6) is 0 Å². The summed E-state index contributed by atoms with van der Waals surface area (Å²) in [4.78, 5) is 30.4. The minimum atomic E-state index is -0.0699. The van der Waals surface area contributed by atoms with Gasteiger partial charge < -0.3 is 5.32 Å². The monoisotopic (exact) mass is 447 g/mol. The standard InChI is InChI=1S/C26H29N3O2S/c1-19-11-13-21(14-12-19)17-27-24(30)18-32-26-28-23-10-6-5-9-22(23)25(31)29(26)16-15-20-7-3-2-4-8-20/h5-7,9-14H,2-4,8,15-18H2,1H3,(H,27,30). The number of fused-ring (bicyclic) bond motifs is 1. The van der Waals surface area contributed by atoms with Crippen LogP contribution in [0.2, 0.25) is 0 Å². The molecule has 0 saturated heterocycles. The molecule has 1 amide bonds. The average molecular weight is 448 g/mol. The Morgan fingerprint density at radius 3 is 2.72 bits per heavy atom. The van der Waals surface area contributed by atoms with E-state index in [9.17, 15) is 9.59 Å². The Morgan fingerprint density at radius 1 is 1.12 bits per heavy atom. The Bertz CT molecular complexity index is 1180. The first-order valence-corrected chi connectivity index (χ1v) is 12.2. The largest absolute Gasteiger partial charge is 0.351 e. The molecule has 0 bridgehead atoms. The summed E-state index contributed by atoms with van der Waals surface area (Å²) in [6, 6.07) is 15.5. The van der Waals surface area contributed by atoms with Gasteiger partial charge in [-0.3, -0.25) is 14.2 Å². The normalized spacial score (nSPS) is 13.7. The second kappa shape index (κ2) is 10.6. The molecule has 1 aromatic heterocycles. The van der Waals surface area contributed by atoms with Gasteiger partial charge in [0.15, 0.2) is 5.16 Å². The van der Waals surface area contributed by atoms with Gasteiger partial charge in [-0.05, 0) is 56.7 Å². The van der Waals surface area contributed by atoms with Crippen LogP contribution in [0.3, 0.4) is 0 Å². The molecule has 6 heteroatoms. The third-order valence-corrected chi connectivity index (χ3v) is 6.79. The van der Waals surface area contributed by atoms with Crippen molar-refractivity contribution in [1.82, 2.24) is 14.9 Å². The minimum Gasteiger partial charge on any atom is -0.351 e. The number of hydrogen-bond donors (Lipinski definition) is 1. The number of rotatable bonds is 8. The van der Waals surface area contributed by atoms with E-state index in [0.29, 0.717) is 29.1 Å². The number of aryl methyl sites for hydroxylation is 1. The first-order chi connectivity index (χ1) is 15.6. The number of para-hydroxylation sites is 1. The number of nitrogens with zero attached hydrogens (tertiary/aromatic N) is 2. The molecule has 0 saturated carbocycles. The van der Waals surface area contributed by atoms with Crippen molar-refractivity contribution in [3.8, 4) is 0 Å². The maximum atomic E-state index is 13.2. The fourth-order valence-electron chi connectivity index (χ4n) is 3.93. The molecule has 0 atom stereocenters. The van der Waals surface area contributed by atoms with Crippen molar-refractivity contribution in [1.29, 1.82) is 0 Å². The Labute approximate surface area is 192 Å². The SMILES string of the molecule is Cc1ccc(CNC(=O)CSc2nc3ccccc3c(=O)n2CCC2=CCCCC2)cc1. The second-order valence-corrected chi connectivity index (χ2v) is 9.22. The highest BCUT2D eigenvalue weighted by Crippen LogP contribution is 2.23. The summed E-state index contributed by atoms with van der Waals surface area (Å²) >= 11 is 1.33. The van der Waals surface area contributed by atoms with E-state index in [0.717, 1.165) is 24.8 Å². The van der Waals surface area contributed by atoms with E-state index in [1.54, 1.807) is 4.57 Å². The van der Waals surface area contributed by atoms with Gasteiger partial charge in [0, 0.05) is 13.1 Å². The Kier molecular flexibility index (Phi) is 7.43. The van der Waals surface area contributed by atoms with Crippen LogP contribution >= 0.6 is 11.8 Å². The number of carbonyl (C=O) groups is 1. The minimum absolute atomic E-state index is 0.0328. The van der Waals surface area contributed by atoms with E-state index in [1.165, 1.54) is 35.7 Å². The van der Waals surface area contributed by atoms with Crippen LogP contribution in [-0.4, -0.2) is 21.2 Å². The molecule has 3 aromatic rings. The summed E-state index contributed by atoms with van der Waals surface area (Å²) in [5, 5.41) is 4.19. The first-order valence-electron chi connectivity index (χ1n) is 11.2. The molecule has 32 heavy (non-hydrogen) atoms. The summed E-state index contributed by atoms with van der Waals surface area (Å²) < 4.78 is 1.75. The highest BCUT2D eigenvalue weighted by molar-refractivity contribution is 7.99. The van der Waals surface area contributed by atoms with Crippen LogP contribution in [0, 0.1) is 6.92 Å². The lowest BCUT2D eigenvalue weighted by atomic mass is 9.97. The fraction of sp³-hybridized carbons (Fsp3) is 0.346. The molecular formula is C26H29N3O2S. The number of carbonyl (C=O) groups excluding carboxylic acids is 1. The highest BCUT2D eigenvalue weighted by Gasteiger charge is 2.14. The lowest BCUT2D eigenvalue weighted by molar-refractivity contribution is -0.118. The number of amides is 1. The molecule has 1 aliphatic carbocycles. The summed E-state index contributed by atoms with van der Waals surface area (Å²) in [5.41, 5.74) is 4.32. The number of hydrogen-bond acceptors (Lipinski definition) is 4. The molecule has 0 aliphatic heterocycles. The summed E-state index contributed by atoms with van der Waals surface area (Å²) in [7, 11) is 0. The van der Waals surface area contributed by atoms with Gasteiger partial charge in [0.05, 0.1) is 16.7 Å². The van der Waals surface area contributed by atoms with E-state index in [1.807, 2.05) is 55.5 Å². The van der Waals surface area contributed by atoms with Gasteiger partial charge in [-0.25, -0.2) is 4.98 Å². The summed E-state index contributed by atoms with van der Waals surface area (Å²) in [6.07, 6.45) is 7.88. The molecule has 2 aromatic carbocycles. The van der Waals surface area contributed by atoms with Crippen LogP contribution in [0.1, 0.15) is 43.2 Å². The van der Waals surface area contributed by atoms with E-state index in [4.69, 9.17) is 4.98 Å². The molecule has 166 valence electrons. The van der Waals surface area contributed by atoms with E-state index < -0.39 is 0 Å². The van der Waals surface area contributed by atoms with Crippen LogP contribution in [0.25, 0.3) is 10.9 Å². The van der Waals surface area contributed by atoms with Crippen molar-refractivity contribution in [3.63, 3.8) is 0 Å². The van der Waals surface area contributed by atoms with Crippen LogP contribution in [0.15, 0.2) is 70.1 Å². The topological polar surface area (TPSA) is 64.0 Å². The molecule has 4 rings (SSSR count). The molecule has 0 spiro atoms. The maximum absolute atomic E-state index is 13.2. The van der Waals surface area contributed by atoms with Crippen LogP contribution in [0.4, 0.5) is 0 Å². The number of aromatic nitrogens is 2. The zero-order valence-electron chi connectivity index (χ0n) is 18.5. The predicted octanol–water partition coefficient (Wildman–Crippen LogP) is 5.00. The van der Waals surface area contributed by atoms with E-state index in [2.05, 4.69) is 11.4 Å². The molecule has 0 radical (unpaired) electrons. The highest BCUT2D eigenvalue weighted by atomic mass is 32.2. The van der Waals surface area contributed by atoms with Gasteiger partial charge in [0.1, 0.15) is 0 Å². The van der Waals surface area contributed by atoms with Crippen molar-refractivity contribution in [2.45, 2.75) is 57.3 Å². The van der Waals surface area contributed by atoms with Gasteiger partial charge in [-0.1, -0.05) is 65.4 Å². The smallest absolute Gasteiger partial charge is 0.262 e. The van der Waals surface area contributed by atoms with Crippen LogP contribution in [-0.2, 0) is 17.9 Å². The van der Waals surface area contributed by atoms with Gasteiger partial charge in [-0.2, -0.15) is 0 Å². The number of thioether (sulfide) groups is 1. The Morgan fingerprint density at radius 2 is 1.94 bits per heavy atom. The second-order valence-electron chi connectivity index (χ2n) is 8.28. The average Bonchev–Trinajstić information content (AvgIpc) is 2.82. The third kappa shape index (κ3) is 5.68. The zero-order valence-corrected chi connectivity index (χ0v) is 19.3. The molecule has 1 heterocycles. The Hall–Kier alpha value is -2.86. The van der Waals surface area contributed by atoms with E-state index in [-0.39, 0.29) is 17.2 Å². The number of benzene rings is 2. The van der Waals surface area contributed by atoms with Gasteiger partial charge >= 0.3 is 0 Å². The van der Waals surface area contributed by atoms with Crippen LogP contribution < -0.4 is 10.9 Å². The Balaban J connectivity index is 1.47. The predicted molar refractivity (Wildman–Crippen MR) is 131 cm³/mol. The lowest BCUT2D eigenvalue weighted by Gasteiger charge is -2.16. The maximum Gasteiger partial charge on any atom is 0.262 e. The van der Waals surface area contributed by atoms with Crippen molar-refractivity contribution in [3.05, 3.63) is 81.7 Å². The van der Waals surface area contributed by atoms with Crippen molar-refractivity contribution in [2.24, 2.45) is 0 Å². The quantitative estimate of drug-likeness (QED) is 0.300. The van der Waals surface area contributed by atoms with Gasteiger partial charge in [0.25, 0.3) is 5.56 Å². The fourth-order valence-corrected chi connectivity index (χ4v) is 4.79. The lowest BCUT2D eigenvalue weighted by Crippen LogP contribution is -2.27. The van der Waals surface area contributed by atoms with Crippen molar-refractivity contribution in [2.75, 3.05) is 5.75 Å². The van der Waals surface area contributed by atoms with Crippen molar-refractivity contribution >= 4 is 28.6 Å². The summed E-state index contributed by atoms with van der Waals surface area (Å²) in [5.74, 6) is 0.152. The van der Waals surface area contributed by atoms with E-state index >= 15 is 0 Å². The van der Waals surface area contributed by atoms with Gasteiger partial charge in [-0.15, -0.1) is 0 Å². The van der Waals surface area contributed by atoms with Crippen molar-refractivity contribution < 1.29 is 4.79 Å². The third-order valence-electron chi connectivity index (χ3n) is 5.81.